The number of carbonyl (C=O) groups excluding carboxylic acids is 1. The molecule has 0 bridgehead atoms. The van der Waals surface area contributed by atoms with Crippen LogP contribution in [0.25, 0.3) is 0 Å². The van der Waals surface area contributed by atoms with E-state index in [1.165, 1.54) is 0 Å². The van der Waals surface area contributed by atoms with Gasteiger partial charge >= 0.3 is 6.09 Å². The van der Waals surface area contributed by atoms with Crippen molar-refractivity contribution in [2.45, 2.75) is 39.2 Å². The molecule has 158 valence electrons. The van der Waals surface area contributed by atoms with Crippen molar-refractivity contribution in [3.8, 4) is 5.75 Å². The molecule has 0 heterocycles. The van der Waals surface area contributed by atoms with Gasteiger partial charge in [0.1, 0.15) is 5.75 Å². The molecule has 1 aromatic rings. The second kappa shape index (κ2) is 14.3. The summed E-state index contributed by atoms with van der Waals surface area (Å²) in [7, 11) is 0. The summed E-state index contributed by atoms with van der Waals surface area (Å²) < 4.78 is 10.7. The first-order valence-corrected chi connectivity index (χ1v) is 9.86. The van der Waals surface area contributed by atoms with Gasteiger partial charge in [-0.05, 0) is 51.2 Å². The summed E-state index contributed by atoms with van der Waals surface area (Å²) in [5.74, 6) is 2.14. The van der Waals surface area contributed by atoms with Crippen LogP contribution in [0.2, 0.25) is 0 Å². The van der Waals surface area contributed by atoms with E-state index in [2.05, 4.69) is 20.9 Å². The quantitative estimate of drug-likeness (QED) is 0.187. The number of benzene rings is 1. The minimum Gasteiger partial charge on any atom is -0.494 e. The summed E-state index contributed by atoms with van der Waals surface area (Å²) in [4.78, 5) is 16.3. The van der Waals surface area contributed by atoms with Crippen molar-refractivity contribution in [1.82, 2.24) is 16.0 Å². The molecule has 7 nitrogen and oxygen atoms in total. The summed E-state index contributed by atoms with van der Waals surface area (Å²) in [5.41, 5.74) is 0. The van der Waals surface area contributed by atoms with Crippen LogP contribution in [0.4, 0.5) is 4.79 Å². The highest BCUT2D eigenvalue weighted by atomic mass is 127. The summed E-state index contributed by atoms with van der Waals surface area (Å²) in [6.07, 6.45) is 2.77. The number of hydrogen-bond donors (Lipinski definition) is 3. The number of alkyl carbamates (subject to hydrolysis) is 1. The fraction of sp³-hybridized carbons (Fsp3) is 0.600. The monoisotopic (exact) mass is 504 g/mol. The van der Waals surface area contributed by atoms with Gasteiger partial charge in [0.15, 0.2) is 5.96 Å². The highest BCUT2D eigenvalue weighted by molar-refractivity contribution is 14.0. The maximum atomic E-state index is 11.7. The first-order valence-electron chi connectivity index (χ1n) is 9.86. The van der Waals surface area contributed by atoms with Crippen molar-refractivity contribution in [2.24, 2.45) is 10.9 Å². The number of guanidine groups is 1. The van der Waals surface area contributed by atoms with Gasteiger partial charge in [-0.15, -0.1) is 24.0 Å². The number of nitrogens with zero attached hydrogens (tertiary/aromatic N) is 1. The van der Waals surface area contributed by atoms with Crippen molar-refractivity contribution in [3.63, 3.8) is 0 Å². The van der Waals surface area contributed by atoms with Gasteiger partial charge in [0, 0.05) is 13.1 Å². The lowest BCUT2D eigenvalue weighted by molar-refractivity contribution is 0.147. The van der Waals surface area contributed by atoms with Crippen LogP contribution < -0.4 is 20.7 Å². The number of halogens is 1. The van der Waals surface area contributed by atoms with Gasteiger partial charge in [-0.25, -0.2) is 4.79 Å². The highest BCUT2D eigenvalue weighted by Gasteiger charge is 2.32. The van der Waals surface area contributed by atoms with Gasteiger partial charge in [0.2, 0.25) is 0 Å². The largest absolute Gasteiger partial charge is 0.494 e. The van der Waals surface area contributed by atoms with Gasteiger partial charge in [-0.2, -0.15) is 0 Å². The molecule has 0 saturated heterocycles. The predicted molar refractivity (Wildman–Crippen MR) is 123 cm³/mol. The van der Waals surface area contributed by atoms with Gasteiger partial charge in [-0.3, -0.25) is 4.99 Å². The molecule has 3 N–H and O–H groups in total. The Bertz CT molecular complexity index is 582. The van der Waals surface area contributed by atoms with Crippen LogP contribution in [-0.4, -0.2) is 50.9 Å². The summed E-state index contributed by atoms with van der Waals surface area (Å²) >= 11 is 0. The summed E-state index contributed by atoms with van der Waals surface area (Å²) in [5, 5.41) is 9.48. The minimum atomic E-state index is -0.361. The van der Waals surface area contributed by atoms with E-state index in [0.29, 0.717) is 25.7 Å². The smallest absolute Gasteiger partial charge is 0.407 e. The molecule has 1 aromatic carbocycles. The summed E-state index contributed by atoms with van der Waals surface area (Å²) in [6, 6.07) is 9.83. The Labute approximate surface area is 185 Å². The number of nitrogens with one attached hydrogen (secondary N) is 3. The Hall–Kier alpha value is -1.71. The zero-order chi connectivity index (χ0) is 19.3. The fourth-order valence-electron chi connectivity index (χ4n) is 2.65. The van der Waals surface area contributed by atoms with Crippen LogP contribution in [0.15, 0.2) is 35.3 Å². The summed E-state index contributed by atoms with van der Waals surface area (Å²) in [6.45, 7) is 6.94. The standard InChI is InChI=1S/C20H32N4O3.HI/c1-3-21-19(22-13-8-14-27-17-9-6-5-7-10-17)23-15-18(16-11-12-16)24-20(25)26-4-2;/h5-7,9-10,16,18H,3-4,8,11-15H2,1-2H3,(H,24,25)(H2,21,22,23);1H. The van der Waals surface area contributed by atoms with E-state index in [1.54, 1.807) is 6.92 Å². The first kappa shape index (κ1) is 24.3. The Morgan fingerprint density at radius 3 is 2.61 bits per heavy atom. The number of para-hydroxylation sites is 1. The normalized spacial score (nSPS) is 14.4. The average Bonchev–Trinajstić information content (AvgIpc) is 3.51. The lowest BCUT2D eigenvalue weighted by Crippen LogP contribution is -2.42. The molecular formula is C20H33IN4O3. The van der Waals surface area contributed by atoms with Gasteiger partial charge < -0.3 is 25.4 Å². The maximum absolute atomic E-state index is 11.7. The van der Waals surface area contributed by atoms with Crippen molar-refractivity contribution in [3.05, 3.63) is 30.3 Å². The van der Waals surface area contributed by atoms with E-state index in [1.807, 2.05) is 37.3 Å². The van der Waals surface area contributed by atoms with E-state index >= 15 is 0 Å². The van der Waals surface area contributed by atoms with Crippen LogP contribution in [0.5, 0.6) is 5.75 Å². The van der Waals surface area contributed by atoms with Gasteiger partial charge in [-0.1, -0.05) is 18.2 Å². The molecule has 28 heavy (non-hydrogen) atoms. The zero-order valence-electron chi connectivity index (χ0n) is 16.8. The third kappa shape index (κ3) is 10.0. The molecule has 1 aliphatic rings. The second-order valence-corrected chi connectivity index (χ2v) is 6.47. The molecule has 1 amide bonds. The van der Waals surface area contributed by atoms with Crippen molar-refractivity contribution >= 4 is 36.0 Å². The lowest BCUT2D eigenvalue weighted by Gasteiger charge is -2.17. The van der Waals surface area contributed by atoms with Crippen LogP contribution in [0, 0.1) is 5.92 Å². The Kier molecular flexibility index (Phi) is 12.4. The van der Waals surface area contributed by atoms with Gasteiger partial charge in [0.25, 0.3) is 0 Å². The molecular weight excluding hydrogens is 471 g/mol. The zero-order valence-corrected chi connectivity index (χ0v) is 19.1. The lowest BCUT2D eigenvalue weighted by atomic mass is 10.2. The minimum absolute atomic E-state index is 0. The molecule has 1 atom stereocenters. The third-order valence-electron chi connectivity index (χ3n) is 4.19. The molecule has 8 heteroatoms. The molecule has 1 unspecified atom stereocenters. The van der Waals surface area contributed by atoms with Crippen LogP contribution in [0.1, 0.15) is 33.1 Å². The fourth-order valence-corrected chi connectivity index (χ4v) is 2.65. The molecule has 0 radical (unpaired) electrons. The highest BCUT2D eigenvalue weighted by Crippen LogP contribution is 2.32. The molecule has 1 aliphatic carbocycles. The van der Waals surface area contributed by atoms with Crippen LogP contribution in [-0.2, 0) is 4.74 Å². The third-order valence-corrected chi connectivity index (χ3v) is 4.19. The Balaban J connectivity index is 0.00000392. The molecule has 2 rings (SSSR count). The van der Waals surface area contributed by atoms with E-state index < -0.39 is 0 Å². The topological polar surface area (TPSA) is 84.0 Å². The number of rotatable bonds is 11. The average molecular weight is 504 g/mol. The van der Waals surface area contributed by atoms with E-state index in [-0.39, 0.29) is 36.1 Å². The first-order chi connectivity index (χ1) is 13.2. The Morgan fingerprint density at radius 1 is 1.21 bits per heavy atom. The van der Waals surface area contributed by atoms with Crippen LogP contribution in [0.3, 0.4) is 0 Å². The molecule has 0 spiro atoms. The number of amides is 1. The molecule has 0 aromatic heterocycles. The van der Waals surface area contributed by atoms with E-state index in [9.17, 15) is 4.79 Å². The van der Waals surface area contributed by atoms with Crippen molar-refractivity contribution < 1.29 is 14.3 Å². The predicted octanol–water partition coefficient (Wildman–Crippen LogP) is 3.15. The SMILES string of the molecule is CCNC(=NCC(NC(=O)OCC)C1CC1)NCCCOc1ccccc1.I. The van der Waals surface area contributed by atoms with Gasteiger partial charge in [0.05, 0.1) is 25.8 Å². The van der Waals surface area contributed by atoms with E-state index in [0.717, 1.165) is 44.1 Å². The second-order valence-electron chi connectivity index (χ2n) is 6.47. The Morgan fingerprint density at radius 2 is 1.96 bits per heavy atom. The van der Waals surface area contributed by atoms with E-state index in [4.69, 9.17) is 9.47 Å². The number of aliphatic imine (C=N–C) groups is 1. The van der Waals surface area contributed by atoms with Crippen molar-refractivity contribution in [1.29, 1.82) is 0 Å². The molecule has 1 fully saturated rings. The molecule has 0 aliphatic heterocycles. The van der Waals surface area contributed by atoms with Crippen molar-refractivity contribution in [2.75, 3.05) is 32.8 Å². The number of carbonyl (C=O) groups is 1. The number of ether oxygens (including phenoxy) is 2. The molecule has 1 saturated carbocycles. The number of hydrogen-bond acceptors (Lipinski definition) is 4. The maximum Gasteiger partial charge on any atom is 0.407 e. The van der Waals surface area contributed by atoms with Crippen LogP contribution >= 0.6 is 24.0 Å².